The van der Waals surface area contributed by atoms with Gasteiger partial charge in [0.1, 0.15) is 0 Å². The highest BCUT2D eigenvalue weighted by Crippen LogP contribution is 2.17. The normalized spacial score (nSPS) is 11.5. The fraction of sp³-hybridized carbons (Fsp3) is 0.974. The first kappa shape index (κ1) is 41.4. The van der Waals surface area contributed by atoms with E-state index in [1.165, 1.54) is 212 Å². The fourth-order valence-electron chi connectivity index (χ4n) is 6.40. The van der Waals surface area contributed by atoms with E-state index in [1.807, 2.05) is 0 Å². The van der Waals surface area contributed by atoms with Gasteiger partial charge >= 0.3 is 5.97 Å². The first-order valence-electron chi connectivity index (χ1n) is 19.6. The van der Waals surface area contributed by atoms with Crippen LogP contribution in [-0.2, 0) is 4.79 Å². The molecule has 3 nitrogen and oxygen atoms in total. The van der Waals surface area contributed by atoms with E-state index >= 15 is 0 Å². The number of carboxylic acid groups (broad SMARTS) is 1. The zero-order valence-electron chi connectivity index (χ0n) is 28.7. The molecule has 0 aliphatic heterocycles. The molecule has 0 saturated heterocycles. The molecule has 0 aromatic heterocycles. The van der Waals surface area contributed by atoms with Crippen molar-refractivity contribution < 1.29 is 15.0 Å². The first-order chi connectivity index (χ1) is 20.8. The number of hydrogen-bond donors (Lipinski definition) is 2. The Morgan fingerprint density at radius 3 is 0.548 bits per heavy atom. The third-order valence-electron chi connectivity index (χ3n) is 9.30. The maximum atomic E-state index is 10.5. The molecule has 0 fully saturated rings. The molecular weight excluding hydrogens is 516 g/mol. The molecule has 0 heterocycles. The average Bonchev–Trinajstić information content (AvgIpc) is 2.98. The van der Waals surface area contributed by atoms with Crippen LogP contribution in [0.15, 0.2) is 0 Å². The van der Waals surface area contributed by atoms with Crippen LogP contribution in [0.25, 0.3) is 0 Å². The van der Waals surface area contributed by atoms with E-state index in [9.17, 15) is 4.79 Å². The molecule has 0 saturated carbocycles. The van der Waals surface area contributed by atoms with E-state index in [-0.39, 0.29) is 0 Å². The van der Waals surface area contributed by atoms with Gasteiger partial charge in [0, 0.05) is 13.0 Å². The van der Waals surface area contributed by atoms with Crippen molar-refractivity contribution in [1.82, 2.24) is 0 Å². The number of unbranched alkanes of at least 4 members (excludes halogenated alkanes) is 35. The second-order valence-electron chi connectivity index (χ2n) is 13.6. The minimum absolute atomic E-state index is 0.344. The molecule has 0 aromatic carbocycles. The SMILES string of the molecule is O=C(O)CCCCCCCCCCCCCCCCCCCCCCCCCCCCCCCCCCCCCCO. The summed E-state index contributed by atoms with van der Waals surface area (Å²) in [5.41, 5.74) is 0. The Morgan fingerprint density at radius 2 is 0.405 bits per heavy atom. The fourth-order valence-corrected chi connectivity index (χ4v) is 6.40. The highest BCUT2D eigenvalue weighted by molar-refractivity contribution is 5.66. The summed E-state index contributed by atoms with van der Waals surface area (Å²) in [6.07, 6.45) is 50.0. The Morgan fingerprint density at radius 1 is 0.262 bits per heavy atom. The summed E-state index contributed by atoms with van der Waals surface area (Å²) < 4.78 is 0. The molecule has 252 valence electrons. The van der Waals surface area contributed by atoms with Crippen molar-refractivity contribution in [3.63, 3.8) is 0 Å². The molecule has 0 amide bonds. The molecule has 0 bridgehead atoms. The second kappa shape index (κ2) is 38.5. The summed E-state index contributed by atoms with van der Waals surface area (Å²) in [5.74, 6) is -0.649. The Bertz CT molecular complexity index is 492. The summed E-state index contributed by atoms with van der Waals surface area (Å²) in [6.45, 7) is 0.369. The van der Waals surface area contributed by atoms with Gasteiger partial charge in [-0.05, 0) is 12.8 Å². The minimum Gasteiger partial charge on any atom is -0.481 e. The predicted octanol–water partition coefficient (Wildman–Crippen LogP) is 13.5. The number of aliphatic hydroxyl groups is 1. The van der Waals surface area contributed by atoms with Gasteiger partial charge in [-0.25, -0.2) is 0 Å². The number of rotatable bonds is 38. The van der Waals surface area contributed by atoms with Gasteiger partial charge in [-0.1, -0.05) is 218 Å². The van der Waals surface area contributed by atoms with Gasteiger partial charge in [-0.15, -0.1) is 0 Å². The predicted molar refractivity (Wildman–Crippen MR) is 186 cm³/mol. The van der Waals surface area contributed by atoms with Crippen molar-refractivity contribution >= 4 is 5.97 Å². The summed E-state index contributed by atoms with van der Waals surface area (Å²) >= 11 is 0. The van der Waals surface area contributed by atoms with Crippen LogP contribution in [-0.4, -0.2) is 22.8 Å². The first-order valence-corrected chi connectivity index (χ1v) is 19.6. The van der Waals surface area contributed by atoms with Crippen LogP contribution in [0.1, 0.15) is 238 Å². The highest BCUT2D eigenvalue weighted by Gasteiger charge is 1.99. The number of carboxylic acids is 1. The van der Waals surface area contributed by atoms with Crippen molar-refractivity contribution in [3.05, 3.63) is 0 Å². The molecule has 0 radical (unpaired) electrons. The average molecular weight is 595 g/mol. The largest absolute Gasteiger partial charge is 0.481 e. The third kappa shape index (κ3) is 39.4. The molecule has 2 N–H and O–H groups in total. The van der Waals surface area contributed by atoms with E-state index in [1.54, 1.807) is 0 Å². The van der Waals surface area contributed by atoms with Crippen LogP contribution in [0.4, 0.5) is 0 Å². The Hall–Kier alpha value is -0.570. The Labute approximate surface area is 264 Å². The van der Waals surface area contributed by atoms with E-state index in [2.05, 4.69) is 0 Å². The maximum Gasteiger partial charge on any atom is 0.303 e. The van der Waals surface area contributed by atoms with E-state index < -0.39 is 5.97 Å². The second-order valence-corrected chi connectivity index (χ2v) is 13.6. The van der Waals surface area contributed by atoms with Gasteiger partial charge in [0.25, 0.3) is 0 Å². The van der Waals surface area contributed by atoms with Crippen molar-refractivity contribution in [2.24, 2.45) is 0 Å². The van der Waals surface area contributed by atoms with E-state index in [0.29, 0.717) is 13.0 Å². The Kier molecular flexibility index (Phi) is 37.9. The lowest BCUT2D eigenvalue weighted by atomic mass is 10.0. The molecule has 0 unspecified atom stereocenters. The van der Waals surface area contributed by atoms with Crippen molar-refractivity contribution in [2.75, 3.05) is 6.61 Å². The van der Waals surface area contributed by atoms with E-state index in [4.69, 9.17) is 10.2 Å². The lowest BCUT2D eigenvalue weighted by Crippen LogP contribution is -1.93. The smallest absolute Gasteiger partial charge is 0.303 e. The van der Waals surface area contributed by atoms with Gasteiger partial charge in [-0.2, -0.15) is 0 Å². The molecular formula is C39H78O3. The molecule has 42 heavy (non-hydrogen) atoms. The summed E-state index contributed by atoms with van der Waals surface area (Å²) in [6, 6.07) is 0. The lowest BCUT2D eigenvalue weighted by molar-refractivity contribution is -0.137. The van der Waals surface area contributed by atoms with Crippen LogP contribution in [0.5, 0.6) is 0 Å². The van der Waals surface area contributed by atoms with Crippen molar-refractivity contribution in [1.29, 1.82) is 0 Å². The number of aliphatic hydroxyl groups excluding tert-OH is 1. The van der Waals surface area contributed by atoms with Crippen molar-refractivity contribution in [3.8, 4) is 0 Å². The van der Waals surface area contributed by atoms with Gasteiger partial charge in [-0.3, -0.25) is 4.79 Å². The molecule has 0 spiro atoms. The quantitative estimate of drug-likeness (QED) is 0.0699. The van der Waals surface area contributed by atoms with E-state index in [0.717, 1.165) is 19.3 Å². The summed E-state index contributed by atoms with van der Waals surface area (Å²) in [7, 11) is 0. The molecule has 3 heteroatoms. The van der Waals surface area contributed by atoms with Crippen LogP contribution < -0.4 is 0 Å². The zero-order chi connectivity index (χ0) is 30.4. The highest BCUT2D eigenvalue weighted by atomic mass is 16.4. The monoisotopic (exact) mass is 595 g/mol. The van der Waals surface area contributed by atoms with Gasteiger partial charge < -0.3 is 10.2 Å². The van der Waals surface area contributed by atoms with Gasteiger partial charge in [0.05, 0.1) is 0 Å². The van der Waals surface area contributed by atoms with Crippen molar-refractivity contribution in [2.45, 2.75) is 238 Å². The molecule has 0 aliphatic rings. The third-order valence-corrected chi connectivity index (χ3v) is 9.30. The topological polar surface area (TPSA) is 57.5 Å². The maximum absolute atomic E-state index is 10.5. The van der Waals surface area contributed by atoms with Gasteiger partial charge in [0.15, 0.2) is 0 Å². The van der Waals surface area contributed by atoms with Gasteiger partial charge in [0.2, 0.25) is 0 Å². The molecule has 0 atom stereocenters. The number of aliphatic carboxylic acids is 1. The zero-order valence-corrected chi connectivity index (χ0v) is 28.7. The minimum atomic E-state index is -0.649. The Balaban J connectivity index is 3.03. The standard InChI is InChI=1S/C39H78O3/c40-38-36-34-32-30-28-26-24-22-20-18-16-14-12-10-8-6-4-2-1-3-5-7-9-11-13-15-17-19-21-23-25-27-29-31-33-35-37-39(41)42/h40H,1-38H2,(H,41,42). The van der Waals surface area contributed by atoms with Crippen LogP contribution in [0.2, 0.25) is 0 Å². The molecule has 0 aliphatic carbocycles. The summed E-state index contributed by atoms with van der Waals surface area (Å²) in [4.78, 5) is 10.5. The number of carbonyl (C=O) groups is 1. The lowest BCUT2D eigenvalue weighted by Gasteiger charge is -2.05. The molecule has 0 aromatic rings. The van der Waals surface area contributed by atoms with Crippen LogP contribution in [0, 0.1) is 0 Å². The van der Waals surface area contributed by atoms with Crippen LogP contribution >= 0.6 is 0 Å². The number of hydrogen-bond acceptors (Lipinski definition) is 2. The molecule has 0 rings (SSSR count). The van der Waals surface area contributed by atoms with Crippen LogP contribution in [0.3, 0.4) is 0 Å². The summed E-state index contributed by atoms with van der Waals surface area (Å²) in [5, 5.41) is 17.4.